The van der Waals surface area contributed by atoms with E-state index < -0.39 is 11.6 Å². The summed E-state index contributed by atoms with van der Waals surface area (Å²) in [4.78, 5) is 0. The predicted octanol–water partition coefficient (Wildman–Crippen LogP) is 3.49. The summed E-state index contributed by atoms with van der Waals surface area (Å²) in [5.74, 6) is -0.754. The molecule has 0 fully saturated rings. The zero-order valence-electron chi connectivity index (χ0n) is 11.8. The van der Waals surface area contributed by atoms with Crippen LogP contribution in [0.1, 0.15) is 29.0 Å². The van der Waals surface area contributed by atoms with E-state index in [1.54, 1.807) is 6.07 Å². The van der Waals surface area contributed by atoms with Crippen LogP contribution in [0.25, 0.3) is 0 Å². The number of aromatic nitrogens is 1. The van der Waals surface area contributed by atoms with Gasteiger partial charge in [-0.25, -0.2) is 8.78 Å². The molecule has 0 saturated carbocycles. The van der Waals surface area contributed by atoms with Crippen molar-refractivity contribution in [1.29, 1.82) is 5.26 Å². The molecule has 0 radical (unpaired) electrons. The summed E-state index contributed by atoms with van der Waals surface area (Å²) in [5, 5.41) is 15.2. The summed E-state index contributed by atoms with van der Waals surface area (Å²) in [6.07, 6.45) is 1.40. The van der Waals surface area contributed by atoms with Crippen molar-refractivity contribution in [3.63, 3.8) is 0 Å². The second-order valence-electron chi connectivity index (χ2n) is 4.76. The van der Waals surface area contributed by atoms with Crippen molar-refractivity contribution in [3.05, 3.63) is 46.3 Å². The van der Waals surface area contributed by atoms with Crippen molar-refractivity contribution in [3.8, 4) is 6.07 Å². The van der Waals surface area contributed by atoms with Gasteiger partial charge in [-0.1, -0.05) is 5.16 Å². The van der Waals surface area contributed by atoms with Gasteiger partial charge in [-0.05, 0) is 38.8 Å². The van der Waals surface area contributed by atoms with E-state index in [0.29, 0.717) is 19.4 Å². The maximum absolute atomic E-state index is 13.6. The molecule has 1 heterocycles. The molecule has 0 spiro atoms. The number of halogens is 2. The molecule has 4 nitrogen and oxygen atoms in total. The molecule has 2 rings (SSSR count). The van der Waals surface area contributed by atoms with Gasteiger partial charge in [0.2, 0.25) is 0 Å². The van der Waals surface area contributed by atoms with Gasteiger partial charge in [-0.15, -0.1) is 0 Å². The first-order chi connectivity index (χ1) is 10.0. The van der Waals surface area contributed by atoms with Gasteiger partial charge >= 0.3 is 0 Å². The number of benzene rings is 1. The quantitative estimate of drug-likeness (QED) is 0.857. The van der Waals surface area contributed by atoms with Crippen molar-refractivity contribution in [2.75, 3.05) is 11.9 Å². The van der Waals surface area contributed by atoms with Crippen LogP contribution in [0, 0.1) is 36.8 Å². The number of anilines is 1. The Morgan fingerprint density at radius 3 is 2.48 bits per heavy atom. The second kappa shape index (κ2) is 6.35. The predicted molar refractivity (Wildman–Crippen MR) is 73.9 cm³/mol. The number of hydrogen-bond donors (Lipinski definition) is 1. The molecule has 1 aromatic carbocycles. The number of hydrogen-bond acceptors (Lipinski definition) is 4. The molecule has 2 aromatic rings. The summed E-state index contributed by atoms with van der Waals surface area (Å²) >= 11 is 0. The van der Waals surface area contributed by atoms with Gasteiger partial charge in [-0.3, -0.25) is 0 Å². The van der Waals surface area contributed by atoms with Crippen molar-refractivity contribution in [1.82, 2.24) is 5.16 Å². The number of nitriles is 1. The molecule has 0 aliphatic carbocycles. The maximum Gasteiger partial charge on any atom is 0.150 e. The molecule has 1 aromatic heterocycles. The van der Waals surface area contributed by atoms with Gasteiger partial charge in [0, 0.05) is 12.1 Å². The summed E-state index contributed by atoms with van der Waals surface area (Å²) < 4.78 is 32.3. The zero-order valence-corrected chi connectivity index (χ0v) is 11.8. The third kappa shape index (κ3) is 3.37. The van der Waals surface area contributed by atoms with Crippen LogP contribution in [0.3, 0.4) is 0 Å². The van der Waals surface area contributed by atoms with E-state index >= 15 is 0 Å². The van der Waals surface area contributed by atoms with Crippen LogP contribution >= 0.6 is 0 Å². The van der Waals surface area contributed by atoms with E-state index in [2.05, 4.69) is 10.5 Å². The lowest BCUT2D eigenvalue weighted by Gasteiger charge is -2.09. The van der Waals surface area contributed by atoms with Crippen molar-refractivity contribution in [2.45, 2.75) is 26.7 Å². The molecule has 0 aliphatic heterocycles. The van der Waals surface area contributed by atoms with Crippen LogP contribution in [0.15, 0.2) is 16.7 Å². The Morgan fingerprint density at radius 1 is 1.29 bits per heavy atom. The monoisotopic (exact) mass is 291 g/mol. The molecular formula is C15H15F2N3O. The molecule has 0 unspecified atom stereocenters. The first kappa shape index (κ1) is 15.0. The second-order valence-corrected chi connectivity index (χ2v) is 4.76. The Balaban J connectivity index is 1.94. The number of rotatable bonds is 5. The normalized spacial score (nSPS) is 10.4. The van der Waals surface area contributed by atoms with Crippen molar-refractivity contribution in [2.24, 2.45) is 0 Å². The summed E-state index contributed by atoms with van der Waals surface area (Å²) in [6, 6.07) is 3.74. The highest BCUT2D eigenvalue weighted by atomic mass is 19.1. The lowest BCUT2D eigenvalue weighted by molar-refractivity contribution is 0.392. The average Bonchev–Trinajstić information content (AvgIpc) is 2.76. The molecule has 0 saturated heterocycles. The molecule has 110 valence electrons. The fourth-order valence-electron chi connectivity index (χ4n) is 2.14. The Bertz CT molecular complexity index is 646. The van der Waals surface area contributed by atoms with E-state index in [1.807, 2.05) is 13.8 Å². The molecule has 0 amide bonds. The van der Waals surface area contributed by atoms with Crippen molar-refractivity contribution < 1.29 is 13.3 Å². The zero-order chi connectivity index (χ0) is 15.4. The van der Waals surface area contributed by atoms with Crippen LogP contribution in [0.2, 0.25) is 0 Å². The van der Waals surface area contributed by atoms with Gasteiger partial charge in [0.15, 0.2) is 11.6 Å². The van der Waals surface area contributed by atoms with Crippen LogP contribution < -0.4 is 5.32 Å². The molecule has 0 aliphatic rings. The first-order valence-corrected chi connectivity index (χ1v) is 6.57. The first-order valence-electron chi connectivity index (χ1n) is 6.57. The third-order valence-electron chi connectivity index (χ3n) is 3.26. The minimum absolute atomic E-state index is 0.0359. The van der Waals surface area contributed by atoms with E-state index in [4.69, 9.17) is 9.78 Å². The summed E-state index contributed by atoms with van der Waals surface area (Å²) in [6.45, 7) is 4.10. The maximum atomic E-state index is 13.6. The molecule has 1 N–H and O–H groups in total. The fourth-order valence-corrected chi connectivity index (χ4v) is 2.14. The smallest absolute Gasteiger partial charge is 0.150 e. The van der Waals surface area contributed by atoms with Crippen molar-refractivity contribution >= 4 is 5.69 Å². The largest absolute Gasteiger partial charge is 0.380 e. The van der Waals surface area contributed by atoms with Gasteiger partial charge < -0.3 is 9.84 Å². The number of aryl methyl sites for hydroxylation is 2. The highest BCUT2D eigenvalue weighted by Crippen LogP contribution is 2.21. The summed E-state index contributed by atoms with van der Waals surface area (Å²) in [7, 11) is 0. The minimum atomic E-state index is -0.760. The third-order valence-corrected chi connectivity index (χ3v) is 3.26. The van der Waals surface area contributed by atoms with Crippen LogP contribution in [-0.4, -0.2) is 11.7 Å². The van der Waals surface area contributed by atoms with Gasteiger partial charge in [0.05, 0.1) is 17.3 Å². The fraction of sp³-hybridized carbons (Fsp3) is 0.333. The lowest BCUT2D eigenvalue weighted by atomic mass is 10.1. The van der Waals surface area contributed by atoms with E-state index in [-0.39, 0.29) is 11.3 Å². The lowest BCUT2D eigenvalue weighted by Crippen LogP contribution is -2.07. The Hall–Kier alpha value is -2.42. The number of nitrogens with zero attached hydrogens (tertiary/aromatic N) is 2. The standard InChI is InChI=1S/C15H15F2N3O/c1-9-12(10(2)21-20-9)4-3-5-19-15-13(16)6-11(8-18)7-14(15)17/h6-7,19H,3-5H2,1-2H3. The average molecular weight is 291 g/mol. The SMILES string of the molecule is Cc1noc(C)c1CCCNc1c(F)cc(C#N)cc1F. The van der Waals surface area contributed by atoms with Crippen LogP contribution in [-0.2, 0) is 6.42 Å². The van der Waals surface area contributed by atoms with E-state index in [0.717, 1.165) is 29.2 Å². The molecular weight excluding hydrogens is 276 g/mol. The highest BCUT2D eigenvalue weighted by molar-refractivity contribution is 5.50. The Morgan fingerprint density at radius 2 is 1.95 bits per heavy atom. The summed E-state index contributed by atoms with van der Waals surface area (Å²) in [5.41, 5.74) is 1.62. The van der Waals surface area contributed by atoms with Gasteiger partial charge in [-0.2, -0.15) is 5.26 Å². The minimum Gasteiger partial charge on any atom is -0.380 e. The van der Waals surface area contributed by atoms with Crippen LogP contribution in [0.5, 0.6) is 0 Å². The molecule has 0 bridgehead atoms. The molecule has 0 atom stereocenters. The molecule has 21 heavy (non-hydrogen) atoms. The van der Waals surface area contributed by atoms with E-state index in [1.165, 1.54) is 0 Å². The molecule has 6 heteroatoms. The highest BCUT2D eigenvalue weighted by Gasteiger charge is 2.12. The number of nitrogens with one attached hydrogen (secondary N) is 1. The Kier molecular flexibility index (Phi) is 4.53. The van der Waals surface area contributed by atoms with Gasteiger partial charge in [0.1, 0.15) is 11.4 Å². The van der Waals surface area contributed by atoms with Gasteiger partial charge in [0.25, 0.3) is 0 Å². The van der Waals surface area contributed by atoms with E-state index in [9.17, 15) is 8.78 Å². The van der Waals surface area contributed by atoms with Crippen LogP contribution in [0.4, 0.5) is 14.5 Å². The Labute approximate surface area is 121 Å². The topological polar surface area (TPSA) is 61.9 Å².